The van der Waals surface area contributed by atoms with Gasteiger partial charge in [0.15, 0.2) is 5.43 Å². The van der Waals surface area contributed by atoms with E-state index in [0.29, 0.717) is 34.3 Å². The van der Waals surface area contributed by atoms with Crippen molar-refractivity contribution in [2.75, 3.05) is 6.61 Å². The van der Waals surface area contributed by atoms with Crippen molar-refractivity contribution in [3.8, 4) is 0 Å². The number of hydrogen-bond donors (Lipinski definition) is 0. The van der Waals surface area contributed by atoms with Gasteiger partial charge in [0.1, 0.15) is 11.3 Å². The summed E-state index contributed by atoms with van der Waals surface area (Å²) in [7, 11) is 0. The molecule has 0 aliphatic heterocycles. The van der Waals surface area contributed by atoms with Crippen LogP contribution in [0.3, 0.4) is 0 Å². The summed E-state index contributed by atoms with van der Waals surface area (Å²) in [6, 6.07) is 14.6. The number of carbonyl (C=O) groups excluding carboxylic acids is 1. The third kappa shape index (κ3) is 3.59. The zero-order chi connectivity index (χ0) is 18.5. The third-order valence-electron chi connectivity index (χ3n) is 4.11. The molecule has 1 heterocycles. The van der Waals surface area contributed by atoms with Gasteiger partial charge in [-0.05, 0) is 43.2 Å². The molecule has 0 aliphatic carbocycles. The number of rotatable bonds is 5. The molecule has 0 radical (unpaired) electrons. The van der Waals surface area contributed by atoms with Gasteiger partial charge in [-0.25, -0.2) is 4.79 Å². The third-order valence-corrected chi connectivity index (χ3v) is 4.11. The molecule has 0 bridgehead atoms. The quantitative estimate of drug-likeness (QED) is 0.627. The Labute approximate surface area is 151 Å². The average Bonchev–Trinajstić information content (AvgIpc) is 2.67. The summed E-state index contributed by atoms with van der Waals surface area (Å²) in [5.74, 6) is 0.0950. The minimum absolute atomic E-state index is 0.118. The smallest absolute Gasteiger partial charge is 0.338 e. The lowest BCUT2D eigenvalue weighted by Gasteiger charge is -2.07. The van der Waals surface area contributed by atoms with E-state index < -0.39 is 5.97 Å². The fourth-order valence-corrected chi connectivity index (χ4v) is 2.80. The fourth-order valence-electron chi connectivity index (χ4n) is 2.80. The lowest BCUT2D eigenvalue weighted by atomic mass is 10.0. The van der Waals surface area contributed by atoms with Crippen molar-refractivity contribution in [3.63, 3.8) is 0 Å². The maximum absolute atomic E-state index is 12.9. The highest BCUT2D eigenvalue weighted by Gasteiger charge is 2.14. The number of esters is 1. The van der Waals surface area contributed by atoms with Crippen molar-refractivity contribution in [3.05, 3.63) is 81.2 Å². The molecule has 26 heavy (non-hydrogen) atoms. The van der Waals surface area contributed by atoms with Crippen molar-refractivity contribution in [2.45, 2.75) is 20.3 Å². The standard InChI is InChI=1S/C22H20O4/c1-3-17-19(12-10-15-8-6-5-7-9-15)26-20-13-11-16(22(24)25-4-2)14-18(20)21(17)23/h5-14H,3-4H2,1-2H3/b12-10+. The first-order chi connectivity index (χ1) is 12.6. The van der Waals surface area contributed by atoms with Crippen LogP contribution >= 0.6 is 0 Å². The summed E-state index contributed by atoms with van der Waals surface area (Å²) in [4.78, 5) is 24.8. The molecular weight excluding hydrogens is 328 g/mol. The van der Waals surface area contributed by atoms with Crippen LogP contribution < -0.4 is 5.43 Å². The average molecular weight is 348 g/mol. The summed E-state index contributed by atoms with van der Waals surface area (Å²) in [5.41, 5.74) is 2.29. The van der Waals surface area contributed by atoms with Crippen LogP contribution in [0.25, 0.3) is 23.1 Å². The van der Waals surface area contributed by atoms with Gasteiger partial charge in [-0.2, -0.15) is 0 Å². The zero-order valence-corrected chi connectivity index (χ0v) is 14.8. The summed E-state index contributed by atoms with van der Waals surface area (Å²) in [6.07, 6.45) is 4.26. The van der Waals surface area contributed by atoms with Gasteiger partial charge in [-0.15, -0.1) is 0 Å². The van der Waals surface area contributed by atoms with Crippen molar-refractivity contribution >= 4 is 29.1 Å². The maximum atomic E-state index is 12.9. The van der Waals surface area contributed by atoms with Gasteiger partial charge in [0, 0.05) is 5.56 Å². The normalized spacial score (nSPS) is 11.2. The van der Waals surface area contributed by atoms with Gasteiger partial charge in [0.25, 0.3) is 0 Å². The molecule has 0 saturated carbocycles. The largest absolute Gasteiger partial charge is 0.462 e. The van der Waals surface area contributed by atoms with E-state index in [4.69, 9.17) is 9.15 Å². The molecule has 3 aromatic rings. The molecule has 0 amide bonds. The topological polar surface area (TPSA) is 56.5 Å². The van der Waals surface area contributed by atoms with Crippen molar-refractivity contribution in [2.24, 2.45) is 0 Å². The number of carbonyl (C=O) groups is 1. The molecule has 2 aromatic carbocycles. The van der Waals surface area contributed by atoms with Crippen molar-refractivity contribution in [1.29, 1.82) is 0 Å². The van der Waals surface area contributed by atoms with E-state index in [1.54, 1.807) is 25.1 Å². The number of hydrogen-bond acceptors (Lipinski definition) is 4. The van der Waals surface area contributed by atoms with E-state index in [2.05, 4.69) is 0 Å². The molecule has 0 saturated heterocycles. The Hall–Kier alpha value is -3.14. The van der Waals surface area contributed by atoms with Crippen LogP contribution in [0.1, 0.15) is 41.1 Å². The summed E-state index contributed by atoms with van der Waals surface area (Å²) in [5, 5.41) is 0.393. The van der Waals surface area contributed by atoms with Crippen LogP contribution in [0.4, 0.5) is 0 Å². The second-order valence-electron chi connectivity index (χ2n) is 5.80. The molecule has 132 valence electrons. The first-order valence-corrected chi connectivity index (χ1v) is 8.64. The Bertz CT molecular complexity index is 1010. The minimum atomic E-state index is -0.445. The minimum Gasteiger partial charge on any atom is -0.462 e. The molecule has 0 N–H and O–H groups in total. The van der Waals surface area contributed by atoms with E-state index in [0.717, 1.165) is 5.56 Å². The molecule has 1 aromatic heterocycles. The highest BCUT2D eigenvalue weighted by molar-refractivity contribution is 5.94. The van der Waals surface area contributed by atoms with Crippen molar-refractivity contribution in [1.82, 2.24) is 0 Å². The summed E-state index contributed by atoms with van der Waals surface area (Å²) < 4.78 is 10.9. The Kier molecular flexibility index (Phi) is 5.32. The van der Waals surface area contributed by atoms with E-state index in [-0.39, 0.29) is 12.0 Å². The van der Waals surface area contributed by atoms with Gasteiger partial charge in [-0.3, -0.25) is 4.79 Å². The predicted octanol–water partition coefficient (Wildman–Crippen LogP) is 4.70. The highest BCUT2D eigenvalue weighted by atomic mass is 16.5. The number of ether oxygens (including phenoxy) is 1. The molecular formula is C22H20O4. The Morgan fingerprint density at radius 2 is 1.85 bits per heavy atom. The van der Waals surface area contributed by atoms with Gasteiger partial charge in [0.2, 0.25) is 0 Å². The summed E-state index contributed by atoms with van der Waals surface area (Å²) in [6.45, 7) is 3.94. The zero-order valence-electron chi connectivity index (χ0n) is 14.8. The molecule has 0 fully saturated rings. The van der Waals surface area contributed by atoms with E-state index in [1.165, 1.54) is 0 Å². The molecule has 4 nitrogen and oxygen atoms in total. The molecule has 0 atom stereocenters. The highest BCUT2D eigenvalue weighted by Crippen LogP contribution is 2.20. The second kappa shape index (κ2) is 7.83. The Balaban J connectivity index is 2.08. The molecule has 0 unspecified atom stereocenters. The fraction of sp³-hybridized carbons (Fsp3) is 0.182. The molecule has 3 rings (SSSR count). The van der Waals surface area contributed by atoms with Crippen molar-refractivity contribution < 1.29 is 13.9 Å². The van der Waals surface area contributed by atoms with Gasteiger partial charge in [0.05, 0.1) is 17.6 Å². The number of benzene rings is 2. The van der Waals surface area contributed by atoms with Crippen LogP contribution in [-0.4, -0.2) is 12.6 Å². The lowest BCUT2D eigenvalue weighted by Crippen LogP contribution is -2.12. The Morgan fingerprint density at radius 1 is 1.08 bits per heavy atom. The first-order valence-electron chi connectivity index (χ1n) is 8.64. The van der Waals surface area contributed by atoms with Crippen LogP contribution in [0, 0.1) is 0 Å². The molecule has 0 aliphatic rings. The SMILES string of the molecule is CCOC(=O)c1ccc2oc(/C=C/c3ccccc3)c(CC)c(=O)c2c1. The van der Waals surface area contributed by atoms with Gasteiger partial charge >= 0.3 is 5.97 Å². The predicted molar refractivity (Wildman–Crippen MR) is 103 cm³/mol. The molecule has 4 heteroatoms. The second-order valence-corrected chi connectivity index (χ2v) is 5.80. The molecule has 0 spiro atoms. The van der Waals surface area contributed by atoms with E-state index in [1.807, 2.05) is 49.4 Å². The van der Waals surface area contributed by atoms with Crippen LogP contribution in [0.2, 0.25) is 0 Å². The van der Waals surface area contributed by atoms with Crippen LogP contribution in [-0.2, 0) is 11.2 Å². The van der Waals surface area contributed by atoms with E-state index in [9.17, 15) is 9.59 Å². The van der Waals surface area contributed by atoms with Gasteiger partial charge in [-0.1, -0.05) is 43.3 Å². The monoisotopic (exact) mass is 348 g/mol. The Morgan fingerprint density at radius 3 is 2.54 bits per heavy atom. The number of fused-ring (bicyclic) bond motifs is 1. The van der Waals surface area contributed by atoms with Crippen LogP contribution in [0.15, 0.2) is 57.7 Å². The first kappa shape index (κ1) is 17.7. The maximum Gasteiger partial charge on any atom is 0.338 e. The van der Waals surface area contributed by atoms with Crippen LogP contribution in [0.5, 0.6) is 0 Å². The lowest BCUT2D eigenvalue weighted by molar-refractivity contribution is 0.0526. The van der Waals surface area contributed by atoms with Gasteiger partial charge < -0.3 is 9.15 Å². The summed E-state index contributed by atoms with van der Waals surface area (Å²) >= 11 is 0. The van der Waals surface area contributed by atoms with E-state index >= 15 is 0 Å².